The molecule has 1 aliphatic rings. The van der Waals surface area contributed by atoms with Crippen LogP contribution in [0.15, 0.2) is 60.7 Å². The molecular formula is C25H19F3N4O4S. The number of carbonyl (C=O) groups is 2. The number of halogens is 3. The second kappa shape index (κ2) is 9.62. The van der Waals surface area contributed by atoms with Gasteiger partial charge in [-0.25, -0.2) is 4.98 Å². The van der Waals surface area contributed by atoms with Gasteiger partial charge < -0.3 is 25.8 Å². The van der Waals surface area contributed by atoms with Crippen LogP contribution in [0.1, 0.15) is 23.2 Å². The van der Waals surface area contributed by atoms with Crippen LogP contribution in [0.4, 0.5) is 29.7 Å². The van der Waals surface area contributed by atoms with Crippen LogP contribution in [-0.2, 0) is 4.79 Å². The molecule has 5 rings (SSSR count). The number of thiazole rings is 1. The summed E-state index contributed by atoms with van der Waals surface area (Å²) in [6.07, 6.45) is -3.10. The molecule has 0 unspecified atom stereocenters. The highest BCUT2D eigenvalue weighted by atomic mass is 32.1. The molecule has 1 aromatic heterocycles. The Morgan fingerprint density at radius 3 is 2.51 bits per heavy atom. The van der Waals surface area contributed by atoms with Crippen molar-refractivity contribution in [1.29, 1.82) is 0 Å². The summed E-state index contributed by atoms with van der Waals surface area (Å²) in [5, 5.41) is 5.89. The van der Waals surface area contributed by atoms with Crippen molar-refractivity contribution in [2.24, 2.45) is 5.92 Å². The van der Waals surface area contributed by atoms with E-state index < -0.39 is 18.0 Å². The highest BCUT2D eigenvalue weighted by molar-refractivity contribution is 7.23. The Balaban J connectivity index is 1.29. The monoisotopic (exact) mass is 528 g/mol. The smallest absolute Gasteiger partial charge is 0.455 e. The number of anilines is 3. The van der Waals surface area contributed by atoms with Crippen LogP contribution in [0.5, 0.6) is 17.2 Å². The van der Waals surface area contributed by atoms with Crippen molar-refractivity contribution in [3.63, 3.8) is 0 Å². The van der Waals surface area contributed by atoms with Crippen LogP contribution in [-0.4, -0.2) is 23.2 Å². The number of ether oxygens (including phenoxy) is 2. The number of hydrogen-bond donors (Lipinski definition) is 3. The van der Waals surface area contributed by atoms with Crippen molar-refractivity contribution in [3.05, 3.63) is 66.2 Å². The Kier molecular flexibility index (Phi) is 6.34. The molecule has 1 heterocycles. The summed E-state index contributed by atoms with van der Waals surface area (Å²) in [6, 6.07) is 14.6. The number of alkyl halides is 3. The van der Waals surface area contributed by atoms with E-state index in [9.17, 15) is 22.8 Å². The van der Waals surface area contributed by atoms with Crippen molar-refractivity contribution >= 4 is 49.9 Å². The summed E-state index contributed by atoms with van der Waals surface area (Å²) in [4.78, 5) is 29.0. The first-order valence-corrected chi connectivity index (χ1v) is 11.9. The third-order valence-corrected chi connectivity index (χ3v) is 6.40. The van der Waals surface area contributed by atoms with Crippen LogP contribution >= 0.6 is 11.3 Å². The Morgan fingerprint density at radius 1 is 1.00 bits per heavy atom. The third kappa shape index (κ3) is 5.92. The molecule has 0 saturated heterocycles. The molecule has 0 bridgehead atoms. The van der Waals surface area contributed by atoms with Gasteiger partial charge in [0.25, 0.3) is 5.91 Å². The fourth-order valence-electron chi connectivity index (χ4n) is 3.49. The van der Waals surface area contributed by atoms with E-state index in [1.165, 1.54) is 23.5 Å². The number of carbonyl (C=O) groups excluding carboxylic acids is 2. The van der Waals surface area contributed by atoms with E-state index in [2.05, 4.69) is 20.4 Å². The quantitative estimate of drug-likeness (QED) is 0.247. The SMILES string of the molecule is Nc1c(Oc2cccc(NC(=O)c3cccc(OC(F)(F)F)c3)c2)ccc2nc(NC(=O)C3CC3)sc12. The van der Waals surface area contributed by atoms with E-state index in [0.717, 1.165) is 25.0 Å². The minimum atomic E-state index is -4.86. The summed E-state index contributed by atoms with van der Waals surface area (Å²) in [7, 11) is 0. The second-order valence-corrected chi connectivity index (χ2v) is 9.27. The fraction of sp³-hybridized carbons (Fsp3) is 0.160. The number of hydrogen-bond acceptors (Lipinski definition) is 7. The average molecular weight is 529 g/mol. The lowest BCUT2D eigenvalue weighted by atomic mass is 10.2. The van der Waals surface area contributed by atoms with E-state index in [1.54, 1.807) is 36.4 Å². The van der Waals surface area contributed by atoms with Crippen molar-refractivity contribution in [3.8, 4) is 17.2 Å². The molecule has 2 amide bonds. The van der Waals surface area contributed by atoms with Gasteiger partial charge in [0, 0.05) is 23.2 Å². The Morgan fingerprint density at radius 2 is 1.76 bits per heavy atom. The van der Waals surface area contributed by atoms with Crippen LogP contribution in [0, 0.1) is 5.92 Å². The fourth-order valence-corrected chi connectivity index (χ4v) is 4.41. The van der Waals surface area contributed by atoms with Gasteiger partial charge in [-0.1, -0.05) is 23.5 Å². The highest BCUT2D eigenvalue weighted by Gasteiger charge is 2.31. The predicted octanol–water partition coefficient (Wildman–Crippen LogP) is 6.17. The first-order chi connectivity index (χ1) is 17.6. The standard InChI is InChI=1S/C25H19F3N4O4S/c26-25(27,28)36-17-6-1-3-14(11-17)23(34)30-15-4-2-5-16(12-15)35-19-10-9-18-21(20(19)29)37-24(31-18)32-22(33)13-7-8-13/h1-6,9-13H,7-8,29H2,(H,30,34)(H,31,32,33). The largest absolute Gasteiger partial charge is 0.573 e. The van der Waals surface area contributed by atoms with Gasteiger partial charge in [0.1, 0.15) is 11.5 Å². The maximum absolute atomic E-state index is 12.6. The summed E-state index contributed by atoms with van der Waals surface area (Å²) >= 11 is 1.25. The van der Waals surface area contributed by atoms with Crippen molar-refractivity contribution in [1.82, 2.24) is 4.98 Å². The van der Waals surface area contributed by atoms with Gasteiger partial charge in [-0.05, 0) is 55.3 Å². The second-order valence-electron chi connectivity index (χ2n) is 8.27. The molecule has 1 saturated carbocycles. The molecule has 0 spiro atoms. The highest BCUT2D eigenvalue weighted by Crippen LogP contribution is 2.39. The van der Waals surface area contributed by atoms with Gasteiger partial charge >= 0.3 is 6.36 Å². The minimum absolute atomic E-state index is 0.0162. The number of nitrogens with two attached hydrogens (primary N) is 1. The zero-order valence-electron chi connectivity index (χ0n) is 19.0. The number of nitrogens with one attached hydrogen (secondary N) is 2. The maximum atomic E-state index is 12.6. The number of amides is 2. The number of benzene rings is 3. The molecule has 1 aliphatic carbocycles. The van der Waals surface area contributed by atoms with Gasteiger partial charge in [-0.3, -0.25) is 9.59 Å². The first kappa shape index (κ1) is 24.4. The topological polar surface area (TPSA) is 116 Å². The zero-order valence-corrected chi connectivity index (χ0v) is 19.8. The van der Waals surface area contributed by atoms with E-state index in [1.807, 2.05) is 0 Å². The number of nitrogens with zero attached hydrogens (tertiary/aromatic N) is 1. The summed E-state index contributed by atoms with van der Waals surface area (Å²) in [5.74, 6) is -0.403. The van der Waals surface area contributed by atoms with Gasteiger partial charge in [0.15, 0.2) is 10.9 Å². The van der Waals surface area contributed by atoms with Crippen molar-refractivity contribution in [2.75, 3.05) is 16.4 Å². The van der Waals surface area contributed by atoms with Crippen LogP contribution < -0.4 is 25.8 Å². The lowest BCUT2D eigenvalue weighted by molar-refractivity contribution is -0.274. The number of fused-ring (bicyclic) bond motifs is 1. The summed E-state index contributed by atoms with van der Waals surface area (Å²) in [6.45, 7) is 0. The van der Waals surface area contributed by atoms with Gasteiger partial charge in [-0.15, -0.1) is 13.2 Å². The van der Waals surface area contributed by atoms with Gasteiger partial charge in [0.05, 0.1) is 15.9 Å². The molecule has 37 heavy (non-hydrogen) atoms. The normalized spacial score (nSPS) is 13.3. The molecule has 12 heteroatoms. The van der Waals surface area contributed by atoms with E-state index in [0.29, 0.717) is 38.2 Å². The molecule has 8 nitrogen and oxygen atoms in total. The third-order valence-electron chi connectivity index (χ3n) is 5.38. The number of nitrogen functional groups attached to an aromatic ring is 1. The van der Waals surface area contributed by atoms with E-state index >= 15 is 0 Å². The lowest BCUT2D eigenvalue weighted by Gasteiger charge is -2.12. The molecule has 0 radical (unpaired) electrons. The van der Waals surface area contributed by atoms with E-state index in [4.69, 9.17) is 10.5 Å². The molecule has 0 aliphatic heterocycles. The van der Waals surface area contributed by atoms with Crippen LogP contribution in [0.2, 0.25) is 0 Å². The Hall–Kier alpha value is -4.32. The van der Waals surface area contributed by atoms with Crippen LogP contribution in [0.25, 0.3) is 10.2 Å². The first-order valence-electron chi connectivity index (χ1n) is 11.1. The molecule has 4 N–H and O–H groups in total. The molecule has 190 valence electrons. The maximum Gasteiger partial charge on any atom is 0.573 e. The molecule has 0 atom stereocenters. The molecule has 4 aromatic rings. The molecular weight excluding hydrogens is 509 g/mol. The van der Waals surface area contributed by atoms with Gasteiger partial charge in [0.2, 0.25) is 5.91 Å². The number of aromatic nitrogens is 1. The zero-order chi connectivity index (χ0) is 26.2. The van der Waals surface area contributed by atoms with E-state index in [-0.39, 0.29) is 17.4 Å². The average Bonchev–Trinajstić information content (AvgIpc) is 3.61. The summed E-state index contributed by atoms with van der Waals surface area (Å²) < 4.78 is 47.9. The lowest BCUT2D eigenvalue weighted by Crippen LogP contribution is -2.18. The molecule has 1 fully saturated rings. The van der Waals surface area contributed by atoms with Gasteiger partial charge in [-0.2, -0.15) is 0 Å². The number of rotatable bonds is 7. The Bertz CT molecular complexity index is 1500. The minimum Gasteiger partial charge on any atom is -0.455 e. The molecule has 3 aromatic carbocycles. The van der Waals surface area contributed by atoms with Crippen molar-refractivity contribution < 1.29 is 32.2 Å². The predicted molar refractivity (Wildman–Crippen MR) is 133 cm³/mol. The van der Waals surface area contributed by atoms with Crippen LogP contribution in [0.3, 0.4) is 0 Å². The Labute approximate surface area is 212 Å². The summed E-state index contributed by atoms with van der Waals surface area (Å²) in [5.41, 5.74) is 7.61. The van der Waals surface area contributed by atoms with Crippen molar-refractivity contribution in [2.45, 2.75) is 19.2 Å².